The third-order valence-electron chi connectivity index (χ3n) is 4.75. The third-order valence-corrected chi connectivity index (χ3v) is 5.92. The molecule has 0 aliphatic rings. The highest BCUT2D eigenvalue weighted by molar-refractivity contribution is 7.98. The summed E-state index contributed by atoms with van der Waals surface area (Å²) in [7, 11) is 1.58. The lowest BCUT2D eigenvalue weighted by atomic mass is 10.2. The second-order valence-corrected chi connectivity index (χ2v) is 8.36. The van der Waals surface area contributed by atoms with Gasteiger partial charge < -0.3 is 4.74 Å². The molecule has 0 atom stereocenters. The van der Waals surface area contributed by atoms with Gasteiger partial charge in [-0.05, 0) is 59.7 Å². The molecule has 0 radical (unpaired) electrons. The van der Waals surface area contributed by atoms with E-state index in [2.05, 4.69) is 22.4 Å². The van der Waals surface area contributed by atoms with Crippen LogP contribution < -0.4 is 10.3 Å². The SMILES string of the molecule is CCCn1nnnc1CSc1nc2cc(Cl)ccc2c(=O)n1-c1cc(C)ccc1OC. The highest BCUT2D eigenvalue weighted by Gasteiger charge is 2.18. The number of methoxy groups -OCH3 is 1. The van der Waals surface area contributed by atoms with Gasteiger partial charge >= 0.3 is 0 Å². The zero-order valence-electron chi connectivity index (χ0n) is 17.4. The van der Waals surface area contributed by atoms with Crippen LogP contribution in [0.3, 0.4) is 0 Å². The maximum atomic E-state index is 13.5. The number of fused-ring (bicyclic) bond motifs is 1. The first-order valence-corrected chi connectivity index (χ1v) is 11.1. The zero-order chi connectivity index (χ0) is 22.0. The number of aromatic nitrogens is 6. The van der Waals surface area contributed by atoms with Gasteiger partial charge in [-0.2, -0.15) is 0 Å². The van der Waals surface area contributed by atoms with Crippen molar-refractivity contribution in [2.75, 3.05) is 7.11 Å². The molecular weight excluding hydrogens is 436 g/mol. The van der Waals surface area contributed by atoms with Crippen LogP contribution in [0.15, 0.2) is 46.3 Å². The van der Waals surface area contributed by atoms with E-state index in [0.717, 1.165) is 24.4 Å². The molecule has 2 heterocycles. The van der Waals surface area contributed by atoms with Crippen molar-refractivity contribution in [2.24, 2.45) is 0 Å². The topological polar surface area (TPSA) is 87.7 Å². The molecule has 0 spiro atoms. The number of hydrogen-bond acceptors (Lipinski definition) is 7. The number of rotatable bonds is 7. The Labute approximate surface area is 188 Å². The molecule has 0 fully saturated rings. The minimum absolute atomic E-state index is 0.193. The highest BCUT2D eigenvalue weighted by Crippen LogP contribution is 2.30. The van der Waals surface area contributed by atoms with E-state index in [0.29, 0.717) is 38.3 Å². The first-order chi connectivity index (χ1) is 15.0. The lowest BCUT2D eigenvalue weighted by molar-refractivity contribution is 0.411. The largest absolute Gasteiger partial charge is 0.495 e. The molecule has 0 bridgehead atoms. The van der Waals surface area contributed by atoms with Crippen LogP contribution in [0.5, 0.6) is 5.75 Å². The van der Waals surface area contributed by atoms with E-state index < -0.39 is 0 Å². The van der Waals surface area contributed by atoms with Gasteiger partial charge in [-0.15, -0.1) is 5.10 Å². The van der Waals surface area contributed by atoms with E-state index in [4.69, 9.17) is 21.3 Å². The molecule has 0 aliphatic carbocycles. The lowest BCUT2D eigenvalue weighted by Crippen LogP contribution is -2.22. The predicted molar refractivity (Wildman–Crippen MR) is 121 cm³/mol. The Balaban J connectivity index is 1.88. The molecule has 10 heteroatoms. The number of halogens is 1. The summed E-state index contributed by atoms with van der Waals surface area (Å²) in [4.78, 5) is 18.3. The average Bonchev–Trinajstić information content (AvgIpc) is 3.19. The standard InChI is InChI=1S/C21H21ClN6O2S/c1-4-9-27-19(24-25-26-27)12-31-21-23-16-11-14(22)6-7-15(16)20(29)28(21)17-10-13(2)5-8-18(17)30-3/h5-8,10-11H,4,9,12H2,1-3H3. The third kappa shape index (κ3) is 4.28. The minimum Gasteiger partial charge on any atom is -0.495 e. The summed E-state index contributed by atoms with van der Waals surface area (Å²) in [5, 5.41) is 13.4. The first-order valence-electron chi connectivity index (χ1n) is 9.77. The maximum Gasteiger partial charge on any atom is 0.266 e. The molecule has 2 aromatic heterocycles. The fourth-order valence-corrected chi connectivity index (χ4v) is 4.37. The van der Waals surface area contributed by atoms with Gasteiger partial charge in [0.05, 0.1) is 29.5 Å². The van der Waals surface area contributed by atoms with Crippen LogP contribution in [-0.4, -0.2) is 36.9 Å². The number of nitrogens with zero attached hydrogens (tertiary/aromatic N) is 6. The van der Waals surface area contributed by atoms with Gasteiger partial charge in [-0.25, -0.2) is 9.67 Å². The number of aryl methyl sites for hydroxylation is 2. The zero-order valence-corrected chi connectivity index (χ0v) is 18.9. The van der Waals surface area contributed by atoms with Gasteiger partial charge in [0.25, 0.3) is 5.56 Å². The quantitative estimate of drug-likeness (QED) is 0.306. The van der Waals surface area contributed by atoms with E-state index >= 15 is 0 Å². The Bertz CT molecular complexity index is 1300. The van der Waals surface area contributed by atoms with Crippen LogP contribution in [0.25, 0.3) is 16.6 Å². The molecule has 160 valence electrons. The molecule has 2 aromatic carbocycles. The van der Waals surface area contributed by atoms with Crippen molar-refractivity contribution < 1.29 is 4.74 Å². The number of ether oxygens (including phenoxy) is 1. The van der Waals surface area contributed by atoms with Crippen LogP contribution in [0, 0.1) is 6.92 Å². The van der Waals surface area contributed by atoms with Gasteiger partial charge in [-0.3, -0.25) is 9.36 Å². The molecule has 0 unspecified atom stereocenters. The van der Waals surface area contributed by atoms with Crippen molar-refractivity contribution in [1.29, 1.82) is 0 Å². The molecule has 0 saturated heterocycles. The highest BCUT2D eigenvalue weighted by atomic mass is 35.5. The molecular formula is C21H21ClN6O2S. The van der Waals surface area contributed by atoms with Gasteiger partial charge in [0.2, 0.25) is 0 Å². The monoisotopic (exact) mass is 456 g/mol. The predicted octanol–water partition coefficient (Wildman–Crippen LogP) is 4.04. The van der Waals surface area contributed by atoms with Crippen molar-refractivity contribution in [3.8, 4) is 11.4 Å². The lowest BCUT2D eigenvalue weighted by Gasteiger charge is -2.16. The second-order valence-electron chi connectivity index (χ2n) is 6.98. The fourth-order valence-electron chi connectivity index (χ4n) is 3.26. The van der Waals surface area contributed by atoms with Gasteiger partial charge in [-0.1, -0.05) is 36.4 Å². The average molecular weight is 457 g/mol. The summed E-state index contributed by atoms with van der Waals surface area (Å²) >= 11 is 7.55. The summed E-state index contributed by atoms with van der Waals surface area (Å²) in [5.41, 5.74) is 1.98. The smallest absolute Gasteiger partial charge is 0.266 e. The second kappa shape index (κ2) is 9.07. The maximum absolute atomic E-state index is 13.5. The van der Waals surface area contributed by atoms with Gasteiger partial charge in [0, 0.05) is 11.6 Å². The fraction of sp³-hybridized carbons (Fsp3) is 0.286. The van der Waals surface area contributed by atoms with Crippen LogP contribution in [0.1, 0.15) is 24.7 Å². The summed E-state index contributed by atoms with van der Waals surface area (Å²) in [6, 6.07) is 10.8. The summed E-state index contributed by atoms with van der Waals surface area (Å²) < 4.78 is 8.89. The van der Waals surface area contributed by atoms with Crippen molar-refractivity contribution in [3.63, 3.8) is 0 Å². The van der Waals surface area contributed by atoms with Crippen LogP contribution in [0.4, 0.5) is 0 Å². The van der Waals surface area contributed by atoms with E-state index in [-0.39, 0.29) is 5.56 Å². The Morgan fingerprint density at radius 1 is 1.19 bits per heavy atom. The van der Waals surface area contributed by atoms with Crippen molar-refractivity contribution in [2.45, 2.75) is 37.7 Å². The van der Waals surface area contributed by atoms with Crippen molar-refractivity contribution in [1.82, 2.24) is 29.8 Å². The van der Waals surface area contributed by atoms with Crippen LogP contribution in [0.2, 0.25) is 5.02 Å². The molecule has 0 saturated carbocycles. The molecule has 4 rings (SSSR count). The minimum atomic E-state index is -0.193. The van der Waals surface area contributed by atoms with Crippen LogP contribution in [-0.2, 0) is 12.3 Å². The van der Waals surface area contributed by atoms with E-state index in [1.165, 1.54) is 11.8 Å². The summed E-state index contributed by atoms with van der Waals surface area (Å²) in [6.07, 6.45) is 0.917. The normalized spacial score (nSPS) is 11.2. The van der Waals surface area contributed by atoms with E-state index in [1.54, 1.807) is 34.6 Å². The van der Waals surface area contributed by atoms with Crippen molar-refractivity contribution in [3.05, 3.63) is 63.2 Å². The molecule has 31 heavy (non-hydrogen) atoms. The number of hydrogen-bond donors (Lipinski definition) is 0. The number of tetrazole rings is 1. The van der Waals surface area contributed by atoms with Crippen LogP contribution >= 0.6 is 23.4 Å². The van der Waals surface area contributed by atoms with Gasteiger partial charge in [0.1, 0.15) is 5.75 Å². The molecule has 4 aromatic rings. The Morgan fingerprint density at radius 3 is 2.81 bits per heavy atom. The molecule has 0 N–H and O–H groups in total. The van der Waals surface area contributed by atoms with Gasteiger partial charge in [0.15, 0.2) is 11.0 Å². The Kier molecular flexibility index (Phi) is 6.24. The first kappa shape index (κ1) is 21.3. The Hall–Kier alpha value is -2.91. The molecule has 8 nitrogen and oxygen atoms in total. The Morgan fingerprint density at radius 2 is 2.03 bits per heavy atom. The number of thioether (sulfide) groups is 1. The van der Waals surface area contributed by atoms with E-state index in [9.17, 15) is 4.79 Å². The van der Waals surface area contributed by atoms with Crippen molar-refractivity contribution >= 4 is 34.3 Å². The summed E-state index contributed by atoms with van der Waals surface area (Å²) in [5.74, 6) is 1.76. The molecule has 0 amide bonds. The summed E-state index contributed by atoms with van der Waals surface area (Å²) in [6.45, 7) is 4.75. The van der Waals surface area contributed by atoms with E-state index in [1.807, 2.05) is 25.1 Å². The number of benzene rings is 2. The molecule has 0 aliphatic heterocycles.